The van der Waals surface area contributed by atoms with Crippen LogP contribution < -0.4 is 10.6 Å². The summed E-state index contributed by atoms with van der Waals surface area (Å²) in [5.74, 6) is 0.739. The Morgan fingerprint density at radius 2 is 1.87 bits per heavy atom. The average molecular weight is 405 g/mol. The van der Waals surface area contributed by atoms with Crippen molar-refractivity contribution < 1.29 is 4.79 Å². The summed E-state index contributed by atoms with van der Waals surface area (Å²) in [5.41, 5.74) is 3.95. The zero-order chi connectivity index (χ0) is 21.3. The Morgan fingerprint density at radius 3 is 2.53 bits per heavy atom. The number of imidazole rings is 1. The summed E-state index contributed by atoms with van der Waals surface area (Å²) in [7, 11) is 3.50. The Bertz CT molecular complexity index is 977. The molecule has 7 nitrogen and oxygen atoms in total. The number of hydrogen-bond acceptors (Lipinski definition) is 3. The second-order valence-corrected chi connectivity index (χ2v) is 7.04. The zero-order valence-corrected chi connectivity index (χ0v) is 17.7. The summed E-state index contributed by atoms with van der Waals surface area (Å²) < 4.78 is 2.00. The van der Waals surface area contributed by atoms with Gasteiger partial charge >= 0.3 is 0 Å². The second kappa shape index (κ2) is 10.2. The van der Waals surface area contributed by atoms with E-state index in [1.54, 1.807) is 31.5 Å². The molecule has 3 rings (SSSR count). The minimum Gasteiger partial charge on any atom is -0.357 e. The van der Waals surface area contributed by atoms with Crippen molar-refractivity contribution in [2.45, 2.75) is 20.0 Å². The van der Waals surface area contributed by atoms with Gasteiger partial charge in [0.25, 0.3) is 5.91 Å². The molecule has 0 saturated carbocycles. The number of aliphatic imine (C=N–C) groups is 1. The van der Waals surface area contributed by atoms with Gasteiger partial charge in [-0.15, -0.1) is 0 Å². The standard InChI is InChI=1S/C23H28N6O/c1-4-25-23(26-15-18-9-11-19(12-10-18)22(30)28(2)3)27-16-20-7-5-6-8-21(20)29-14-13-24-17-29/h5-14,17H,4,15-16H2,1-3H3,(H2,25,26,27). The average Bonchev–Trinajstić information content (AvgIpc) is 3.30. The predicted molar refractivity (Wildman–Crippen MR) is 120 cm³/mol. The van der Waals surface area contributed by atoms with Crippen molar-refractivity contribution in [3.8, 4) is 5.69 Å². The fourth-order valence-corrected chi connectivity index (χ4v) is 3.02. The summed E-state index contributed by atoms with van der Waals surface area (Å²) in [6.45, 7) is 3.97. The molecule has 0 bridgehead atoms. The van der Waals surface area contributed by atoms with E-state index < -0.39 is 0 Å². The molecular weight excluding hydrogens is 376 g/mol. The molecule has 2 N–H and O–H groups in total. The van der Waals surface area contributed by atoms with Crippen LogP contribution in [0.5, 0.6) is 0 Å². The summed E-state index contributed by atoms with van der Waals surface area (Å²) in [6, 6.07) is 15.8. The van der Waals surface area contributed by atoms with Crippen LogP contribution >= 0.6 is 0 Å². The Morgan fingerprint density at radius 1 is 1.10 bits per heavy atom. The fraction of sp³-hybridized carbons (Fsp3) is 0.261. The lowest BCUT2D eigenvalue weighted by molar-refractivity contribution is 0.0827. The number of carbonyl (C=O) groups is 1. The van der Waals surface area contributed by atoms with Crippen molar-refractivity contribution in [3.63, 3.8) is 0 Å². The number of nitrogens with zero attached hydrogens (tertiary/aromatic N) is 4. The molecule has 0 atom stereocenters. The molecule has 0 unspecified atom stereocenters. The van der Waals surface area contributed by atoms with E-state index in [1.807, 2.05) is 54.1 Å². The fourth-order valence-electron chi connectivity index (χ4n) is 3.02. The molecule has 0 radical (unpaired) electrons. The van der Waals surface area contributed by atoms with E-state index >= 15 is 0 Å². The normalized spacial score (nSPS) is 11.2. The van der Waals surface area contributed by atoms with Crippen LogP contribution in [0.3, 0.4) is 0 Å². The third kappa shape index (κ3) is 5.47. The Labute approximate surface area is 177 Å². The van der Waals surface area contributed by atoms with Crippen molar-refractivity contribution in [2.24, 2.45) is 4.99 Å². The van der Waals surface area contributed by atoms with Crippen LogP contribution in [-0.4, -0.2) is 47.0 Å². The van der Waals surface area contributed by atoms with Gasteiger partial charge in [0, 0.05) is 45.1 Å². The number of nitrogens with one attached hydrogen (secondary N) is 2. The topological polar surface area (TPSA) is 74.6 Å². The van der Waals surface area contributed by atoms with E-state index in [9.17, 15) is 4.79 Å². The third-order valence-corrected chi connectivity index (χ3v) is 4.59. The number of para-hydroxylation sites is 1. The van der Waals surface area contributed by atoms with Gasteiger partial charge in [-0.25, -0.2) is 9.98 Å². The van der Waals surface area contributed by atoms with Gasteiger partial charge in [0.15, 0.2) is 5.96 Å². The molecule has 2 aromatic carbocycles. The Balaban J connectivity index is 1.67. The van der Waals surface area contributed by atoms with Gasteiger partial charge in [0.1, 0.15) is 0 Å². The van der Waals surface area contributed by atoms with Crippen LogP contribution in [0.15, 0.2) is 72.2 Å². The van der Waals surface area contributed by atoms with Crippen LogP contribution in [0.4, 0.5) is 0 Å². The lowest BCUT2D eigenvalue weighted by Gasteiger charge is -2.14. The SMILES string of the molecule is CCNC(=NCc1ccc(C(=O)N(C)C)cc1)NCc1ccccc1-n1ccnc1. The molecule has 1 heterocycles. The first-order valence-corrected chi connectivity index (χ1v) is 9.97. The summed E-state index contributed by atoms with van der Waals surface area (Å²) in [6.07, 6.45) is 5.50. The first-order valence-electron chi connectivity index (χ1n) is 9.97. The van der Waals surface area contributed by atoms with Crippen LogP contribution in [0.25, 0.3) is 5.69 Å². The molecule has 0 aliphatic carbocycles. The summed E-state index contributed by atoms with van der Waals surface area (Å²) in [4.78, 5) is 22.4. The Hall–Kier alpha value is -3.61. The first kappa shape index (κ1) is 21.1. The molecule has 1 amide bonds. The molecule has 0 spiro atoms. The maximum atomic E-state index is 12.0. The number of guanidine groups is 1. The third-order valence-electron chi connectivity index (χ3n) is 4.59. The van der Waals surface area contributed by atoms with Gasteiger partial charge in [0.2, 0.25) is 0 Å². The minimum absolute atomic E-state index is 0.00314. The highest BCUT2D eigenvalue weighted by Gasteiger charge is 2.08. The molecule has 7 heteroatoms. The highest BCUT2D eigenvalue weighted by Crippen LogP contribution is 2.14. The molecule has 30 heavy (non-hydrogen) atoms. The van der Waals surface area contributed by atoms with Crippen LogP contribution in [0.1, 0.15) is 28.4 Å². The highest BCUT2D eigenvalue weighted by atomic mass is 16.2. The van der Waals surface area contributed by atoms with Gasteiger partial charge in [-0.05, 0) is 36.2 Å². The second-order valence-electron chi connectivity index (χ2n) is 7.04. The van der Waals surface area contributed by atoms with E-state index in [-0.39, 0.29) is 5.91 Å². The largest absolute Gasteiger partial charge is 0.357 e. The smallest absolute Gasteiger partial charge is 0.253 e. The number of benzene rings is 2. The maximum Gasteiger partial charge on any atom is 0.253 e. The van der Waals surface area contributed by atoms with Crippen molar-refractivity contribution in [2.75, 3.05) is 20.6 Å². The number of aromatic nitrogens is 2. The summed E-state index contributed by atoms with van der Waals surface area (Å²) in [5, 5.41) is 6.68. The number of amides is 1. The van der Waals surface area contributed by atoms with Crippen molar-refractivity contribution in [3.05, 3.63) is 83.9 Å². The predicted octanol–water partition coefficient (Wildman–Crippen LogP) is 2.83. The lowest BCUT2D eigenvalue weighted by Crippen LogP contribution is -2.37. The zero-order valence-electron chi connectivity index (χ0n) is 17.7. The van der Waals surface area contributed by atoms with E-state index in [4.69, 9.17) is 0 Å². The van der Waals surface area contributed by atoms with E-state index in [0.717, 1.165) is 29.3 Å². The van der Waals surface area contributed by atoms with Gasteiger partial charge in [-0.1, -0.05) is 30.3 Å². The van der Waals surface area contributed by atoms with Crippen LogP contribution in [0.2, 0.25) is 0 Å². The Kier molecular flexibility index (Phi) is 7.21. The van der Waals surface area contributed by atoms with Crippen LogP contribution in [-0.2, 0) is 13.1 Å². The molecule has 0 aliphatic rings. The van der Waals surface area contributed by atoms with Gasteiger partial charge in [-0.2, -0.15) is 0 Å². The molecular formula is C23H28N6O. The molecule has 0 aliphatic heterocycles. The van der Waals surface area contributed by atoms with Gasteiger partial charge in [-0.3, -0.25) is 4.79 Å². The number of rotatable bonds is 7. The van der Waals surface area contributed by atoms with E-state index in [2.05, 4.69) is 32.7 Å². The molecule has 0 saturated heterocycles. The highest BCUT2D eigenvalue weighted by molar-refractivity contribution is 5.93. The molecule has 156 valence electrons. The molecule has 3 aromatic rings. The van der Waals surface area contributed by atoms with Crippen LogP contribution in [0, 0.1) is 0 Å². The van der Waals surface area contributed by atoms with Gasteiger partial charge < -0.3 is 20.1 Å². The summed E-state index contributed by atoms with van der Waals surface area (Å²) >= 11 is 0. The maximum absolute atomic E-state index is 12.0. The van der Waals surface area contributed by atoms with E-state index in [1.165, 1.54) is 0 Å². The quantitative estimate of drug-likeness (QED) is 0.469. The minimum atomic E-state index is -0.00314. The van der Waals surface area contributed by atoms with Crippen molar-refractivity contribution in [1.29, 1.82) is 0 Å². The number of carbonyl (C=O) groups excluding carboxylic acids is 1. The van der Waals surface area contributed by atoms with Crippen molar-refractivity contribution >= 4 is 11.9 Å². The van der Waals surface area contributed by atoms with Gasteiger partial charge in [0.05, 0.1) is 18.6 Å². The monoisotopic (exact) mass is 404 g/mol. The molecule has 1 aromatic heterocycles. The van der Waals surface area contributed by atoms with E-state index in [0.29, 0.717) is 18.7 Å². The lowest BCUT2D eigenvalue weighted by atomic mass is 10.1. The number of hydrogen-bond donors (Lipinski definition) is 2. The van der Waals surface area contributed by atoms with Crippen molar-refractivity contribution in [1.82, 2.24) is 25.1 Å². The molecule has 0 fully saturated rings. The first-order chi connectivity index (χ1) is 14.6.